The molecule has 0 aliphatic heterocycles. The summed E-state index contributed by atoms with van der Waals surface area (Å²) in [6.07, 6.45) is 10.6. The Morgan fingerprint density at radius 1 is 1.12 bits per heavy atom. The van der Waals surface area contributed by atoms with Crippen molar-refractivity contribution in [1.29, 1.82) is 0 Å². The number of fused-ring (bicyclic) bond motifs is 1. The first-order chi connectivity index (χ1) is 12.2. The molecule has 5 nitrogen and oxygen atoms in total. The highest BCUT2D eigenvalue weighted by molar-refractivity contribution is 5.90. The number of rotatable bonds is 7. The van der Waals surface area contributed by atoms with Crippen LogP contribution >= 0.6 is 0 Å². The number of nitrogens with zero attached hydrogens (tertiary/aromatic N) is 3. The maximum Gasteiger partial charge on any atom is 0.337 e. The van der Waals surface area contributed by atoms with E-state index in [0.717, 1.165) is 23.1 Å². The molecule has 0 bridgehead atoms. The predicted molar refractivity (Wildman–Crippen MR) is 98.4 cm³/mol. The number of ether oxygens (including phenoxy) is 1. The van der Waals surface area contributed by atoms with Crippen molar-refractivity contribution in [3.63, 3.8) is 0 Å². The molecule has 5 heteroatoms. The Balaban J connectivity index is 1.83. The quantitative estimate of drug-likeness (QED) is 0.471. The summed E-state index contributed by atoms with van der Waals surface area (Å²) in [5.74, 6) is -0.372. The highest BCUT2D eigenvalue weighted by atomic mass is 16.5. The number of aryl methyl sites for hydroxylation is 1. The molecule has 130 valence electrons. The van der Waals surface area contributed by atoms with E-state index in [2.05, 4.69) is 33.7 Å². The Morgan fingerprint density at radius 3 is 2.76 bits per heavy atom. The zero-order valence-corrected chi connectivity index (χ0v) is 14.7. The van der Waals surface area contributed by atoms with Crippen LogP contribution in [-0.2, 0) is 11.3 Å². The number of hydrogen-bond acceptors (Lipinski definition) is 4. The van der Waals surface area contributed by atoms with Gasteiger partial charge < -0.3 is 9.30 Å². The zero-order chi connectivity index (χ0) is 17.6. The summed E-state index contributed by atoms with van der Waals surface area (Å²) in [6.45, 7) is 3.24. The maximum absolute atomic E-state index is 11.7. The van der Waals surface area contributed by atoms with Crippen molar-refractivity contribution in [3.8, 4) is 11.4 Å². The molecule has 0 fully saturated rings. The van der Waals surface area contributed by atoms with Crippen molar-refractivity contribution < 1.29 is 9.53 Å². The monoisotopic (exact) mass is 337 g/mol. The molecule has 0 aliphatic rings. The van der Waals surface area contributed by atoms with E-state index in [1.165, 1.54) is 32.8 Å². The van der Waals surface area contributed by atoms with Gasteiger partial charge in [-0.05, 0) is 30.7 Å². The van der Waals surface area contributed by atoms with Crippen molar-refractivity contribution in [3.05, 3.63) is 48.4 Å². The van der Waals surface area contributed by atoms with Gasteiger partial charge in [-0.1, -0.05) is 26.2 Å². The van der Waals surface area contributed by atoms with E-state index in [1.54, 1.807) is 18.3 Å². The topological polar surface area (TPSA) is 57.0 Å². The van der Waals surface area contributed by atoms with Crippen LogP contribution in [-0.4, -0.2) is 27.6 Å². The fourth-order valence-electron chi connectivity index (χ4n) is 2.95. The second-order valence-electron chi connectivity index (χ2n) is 6.12. The second kappa shape index (κ2) is 7.92. The fraction of sp³-hybridized carbons (Fsp3) is 0.350. The summed E-state index contributed by atoms with van der Waals surface area (Å²) in [7, 11) is 1.37. The lowest BCUT2D eigenvalue weighted by Crippen LogP contribution is -2.02. The summed E-state index contributed by atoms with van der Waals surface area (Å²) in [5.41, 5.74) is 3.02. The first-order valence-electron chi connectivity index (χ1n) is 8.72. The number of pyridine rings is 2. The van der Waals surface area contributed by atoms with E-state index in [0.29, 0.717) is 11.3 Å². The summed E-state index contributed by atoms with van der Waals surface area (Å²) in [4.78, 5) is 20.6. The molecule has 0 spiro atoms. The number of unbranched alkanes of at least 4 members (excludes halogenated alkanes) is 3. The van der Waals surface area contributed by atoms with Gasteiger partial charge in [0, 0.05) is 24.3 Å². The lowest BCUT2D eigenvalue weighted by atomic mass is 10.1. The molecule has 3 aromatic heterocycles. The molecule has 0 atom stereocenters. The van der Waals surface area contributed by atoms with Gasteiger partial charge in [0.05, 0.1) is 35.8 Å². The van der Waals surface area contributed by atoms with Gasteiger partial charge in [0.1, 0.15) is 0 Å². The molecule has 0 saturated carbocycles. The lowest BCUT2D eigenvalue weighted by molar-refractivity contribution is 0.0600. The molecule has 0 aliphatic carbocycles. The number of carbonyl (C=O) groups excluding carboxylic acids is 1. The number of methoxy groups -OCH3 is 1. The van der Waals surface area contributed by atoms with Crippen molar-refractivity contribution in [2.24, 2.45) is 0 Å². The molecule has 0 N–H and O–H groups in total. The first kappa shape index (κ1) is 17.1. The van der Waals surface area contributed by atoms with E-state index in [9.17, 15) is 4.79 Å². The molecule has 0 saturated heterocycles. The smallest absolute Gasteiger partial charge is 0.337 e. The van der Waals surface area contributed by atoms with Gasteiger partial charge in [-0.15, -0.1) is 0 Å². The second-order valence-corrected chi connectivity index (χ2v) is 6.12. The summed E-state index contributed by atoms with van der Waals surface area (Å²) in [5, 5.41) is 1.13. The van der Waals surface area contributed by atoms with Crippen molar-refractivity contribution in [2.75, 3.05) is 7.11 Å². The van der Waals surface area contributed by atoms with Crippen molar-refractivity contribution in [1.82, 2.24) is 14.5 Å². The van der Waals surface area contributed by atoms with Crippen LogP contribution in [0.2, 0.25) is 0 Å². The standard InChI is InChI=1S/C20H23N3O2/c1-3-4-5-6-10-23-11-8-15-12-18(22-14-19(15)23)17-13-16(7-9-21-17)20(24)25-2/h7-9,11-14H,3-6,10H2,1-2H3. The molecule has 0 aromatic carbocycles. The van der Waals surface area contributed by atoms with Crippen molar-refractivity contribution in [2.45, 2.75) is 39.2 Å². The molecular weight excluding hydrogens is 314 g/mol. The minimum atomic E-state index is -0.372. The number of esters is 1. The minimum Gasteiger partial charge on any atom is -0.465 e. The van der Waals surface area contributed by atoms with Gasteiger partial charge >= 0.3 is 5.97 Å². The van der Waals surface area contributed by atoms with Gasteiger partial charge in [0.25, 0.3) is 0 Å². The van der Waals surface area contributed by atoms with E-state index in [1.807, 2.05) is 12.3 Å². The third-order valence-electron chi connectivity index (χ3n) is 4.35. The molecule has 3 rings (SSSR count). The summed E-state index contributed by atoms with van der Waals surface area (Å²) in [6, 6.07) is 7.47. The van der Waals surface area contributed by atoms with Crippen LogP contribution in [0.1, 0.15) is 43.0 Å². The van der Waals surface area contributed by atoms with Gasteiger partial charge in [-0.3, -0.25) is 9.97 Å². The molecule has 25 heavy (non-hydrogen) atoms. The van der Waals surface area contributed by atoms with Crippen LogP contribution in [0.5, 0.6) is 0 Å². The average molecular weight is 337 g/mol. The SMILES string of the molecule is CCCCCCn1ccc2cc(-c3cc(C(=O)OC)ccn3)ncc21. The highest BCUT2D eigenvalue weighted by Crippen LogP contribution is 2.22. The van der Waals surface area contributed by atoms with Crippen LogP contribution in [0.25, 0.3) is 22.3 Å². The van der Waals surface area contributed by atoms with E-state index < -0.39 is 0 Å². The van der Waals surface area contributed by atoms with Crippen molar-refractivity contribution >= 4 is 16.9 Å². The molecule has 0 radical (unpaired) electrons. The maximum atomic E-state index is 11.7. The average Bonchev–Trinajstić information content (AvgIpc) is 3.07. The predicted octanol–water partition coefficient (Wildman–Crippen LogP) is 4.47. The largest absolute Gasteiger partial charge is 0.465 e. The van der Waals surface area contributed by atoms with Gasteiger partial charge in [0.2, 0.25) is 0 Å². The first-order valence-corrected chi connectivity index (χ1v) is 8.72. The Morgan fingerprint density at radius 2 is 1.96 bits per heavy atom. The van der Waals surface area contributed by atoms with Gasteiger partial charge in [0.15, 0.2) is 0 Å². The third-order valence-corrected chi connectivity index (χ3v) is 4.35. The zero-order valence-electron chi connectivity index (χ0n) is 14.7. The molecule has 3 aromatic rings. The minimum absolute atomic E-state index is 0.372. The van der Waals surface area contributed by atoms with Gasteiger partial charge in [-0.25, -0.2) is 4.79 Å². The molecular formula is C20H23N3O2. The molecule has 3 heterocycles. The van der Waals surface area contributed by atoms with Crippen LogP contribution in [0.4, 0.5) is 0 Å². The fourth-order valence-corrected chi connectivity index (χ4v) is 2.95. The third kappa shape index (κ3) is 3.87. The van der Waals surface area contributed by atoms with E-state index in [-0.39, 0.29) is 5.97 Å². The van der Waals surface area contributed by atoms with Crippen LogP contribution in [0, 0.1) is 0 Å². The van der Waals surface area contributed by atoms with Crippen LogP contribution < -0.4 is 0 Å². The Hall–Kier alpha value is -2.69. The Labute approximate surface area is 147 Å². The Bertz CT molecular complexity index is 870. The van der Waals surface area contributed by atoms with E-state index >= 15 is 0 Å². The molecule has 0 unspecified atom stereocenters. The summed E-state index contributed by atoms with van der Waals surface area (Å²) < 4.78 is 7.02. The normalized spacial score (nSPS) is 11.0. The highest BCUT2D eigenvalue weighted by Gasteiger charge is 2.10. The van der Waals surface area contributed by atoms with Crippen LogP contribution in [0.15, 0.2) is 42.9 Å². The van der Waals surface area contributed by atoms with Gasteiger partial charge in [-0.2, -0.15) is 0 Å². The van der Waals surface area contributed by atoms with Crippen LogP contribution in [0.3, 0.4) is 0 Å². The number of aromatic nitrogens is 3. The Kier molecular flexibility index (Phi) is 5.43. The van der Waals surface area contributed by atoms with E-state index in [4.69, 9.17) is 4.74 Å². The molecule has 0 amide bonds. The lowest BCUT2D eigenvalue weighted by Gasteiger charge is -2.06. The number of carbonyl (C=O) groups is 1. The summed E-state index contributed by atoms with van der Waals surface area (Å²) >= 11 is 0. The number of hydrogen-bond donors (Lipinski definition) is 0.